The van der Waals surface area contributed by atoms with E-state index in [4.69, 9.17) is 0 Å². The Morgan fingerprint density at radius 1 is 1.09 bits per heavy atom. The van der Waals surface area contributed by atoms with Crippen LogP contribution in [0, 0.1) is 6.92 Å². The van der Waals surface area contributed by atoms with Crippen molar-refractivity contribution < 1.29 is 4.79 Å². The van der Waals surface area contributed by atoms with Crippen LogP contribution in [0.1, 0.15) is 21.6 Å². The molecule has 5 rings (SSSR count). The smallest absolute Gasteiger partial charge is 0.269 e. The van der Waals surface area contributed by atoms with E-state index in [1.165, 1.54) is 11.1 Å². The lowest BCUT2D eigenvalue weighted by molar-refractivity contribution is 0.0924. The van der Waals surface area contributed by atoms with Crippen molar-refractivity contribution in [1.82, 2.24) is 25.1 Å². The first-order valence-corrected chi connectivity index (χ1v) is 11.1. The van der Waals surface area contributed by atoms with E-state index in [-0.39, 0.29) is 5.91 Å². The van der Waals surface area contributed by atoms with Crippen molar-refractivity contribution in [2.45, 2.75) is 20.0 Å². The van der Waals surface area contributed by atoms with E-state index in [0.717, 1.165) is 22.3 Å². The van der Waals surface area contributed by atoms with Crippen molar-refractivity contribution in [3.05, 3.63) is 82.1 Å². The van der Waals surface area contributed by atoms with Crippen LogP contribution in [0.5, 0.6) is 0 Å². The minimum absolute atomic E-state index is 0.105. The Morgan fingerprint density at radius 2 is 1.94 bits per heavy atom. The molecule has 0 bridgehead atoms. The Morgan fingerprint density at radius 3 is 2.72 bits per heavy atom. The molecule has 2 aromatic heterocycles. The lowest BCUT2D eigenvalue weighted by Crippen LogP contribution is -2.35. The average Bonchev–Trinajstić information content (AvgIpc) is 3.26. The van der Waals surface area contributed by atoms with Gasteiger partial charge in [0, 0.05) is 35.0 Å². The molecule has 2 N–H and O–H groups in total. The summed E-state index contributed by atoms with van der Waals surface area (Å²) in [7, 11) is 0. The van der Waals surface area contributed by atoms with Gasteiger partial charge in [0.05, 0.1) is 12.2 Å². The molecule has 0 fully saturated rings. The van der Waals surface area contributed by atoms with Crippen molar-refractivity contribution in [2.24, 2.45) is 0 Å². The number of aromatic nitrogens is 4. The Bertz CT molecular complexity index is 1300. The Hall–Kier alpha value is -3.52. The maximum atomic E-state index is 12.0. The van der Waals surface area contributed by atoms with E-state index < -0.39 is 0 Å². The molecule has 0 saturated heterocycles. The van der Waals surface area contributed by atoms with Crippen LogP contribution in [0.15, 0.2) is 65.3 Å². The third-order valence-electron chi connectivity index (χ3n) is 5.41. The van der Waals surface area contributed by atoms with Crippen LogP contribution in [-0.2, 0) is 13.1 Å². The van der Waals surface area contributed by atoms with E-state index in [2.05, 4.69) is 72.8 Å². The van der Waals surface area contributed by atoms with Gasteiger partial charge < -0.3 is 10.6 Å². The summed E-state index contributed by atoms with van der Waals surface area (Å²) in [6.07, 6.45) is 1.72. The van der Waals surface area contributed by atoms with Gasteiger partial charge in [-0.2, -0.15) is 5.10 Å². The van der Waals surface area contributed by atoms with E-state index >= 15 is 0 Å². The summed E-state index contributed by atoms with van der Waals surface area (Å²) in [6.45, 7) is 4.05. The highest BCUT2D eigenvalue weighted by Gasteiger charge is 2.20. The zero-order valence-electron chi connectivity index (χ0n) is 17.5. The largest absolute Gasteiger partial charge is 0.381 e. The highest BCUT2D eigenvalue weighted by molar-refractivity contribution is 9.10. The summed E-state index contributed by atoms with van der Waals surface area (Å²) in [5.74, 6) is 0.521. The maximum absolute atomic E-state index is 12.0. The van der Waals surface area contributed by atoms with E-state index in [0.29, 0.717) is 36.0 Å². The Labute approximate surface area is 194 Å². The summed E-state index contributed by atoms with van der Waals surface area (Å²) in [5.41, 5.74) is 6.30. The first-order valence-electron chi connectivity index (χ1n) is 10.4. The van der Waals surface area contributed by atoms with Gasteiger partial charge in [0.25, 0.3) is 5.91 Å². The zero-order valence-corrected chi connectivity index (χ0v) is 19.1. The predicted molar refractivity (Wildman–Crippen MR) is 127 cm³/mol. The number of anilines is 1. The van der Waals surface area contributed by atoms with E-state index in [1.54, 1.807) is 16.9 Å². The predicted octanol–water partition coefficient (Wildman–Crippen LogP) is 4.43. The van der Waals surface area contributed by atoms with Crippen LogP contribution in [0.25, 0.3) is 22.8 Å². The number of nitrogens with one attached hydrogen (secondary N) is 2. The molecular formula is C24H21BrN6O. The minimum Gasteiger partial charge on any atom is -0.381 e. The highest BCUT2D eigenvalue weighted by Crippen LogP contribution is 2.23. The number of rotatable bonds is 5. The molecule has 2 aromatic carbocycles. The fourth-order valence-corrected chi connectivity index (χ4v) is 3.88. The van der Waals surface area contributed by atoms with Crippen LogP contribution < -0.4 is 10.6 Å². The zero-order chi connectivity index (χ0) is 22.1. The van der Waals surface area contributed by atoms with Crippen molar-refractivity contribution in [2.75, 3.05) is 11.9 Å². The van der Waals surface area contributed by atoms with Gasteiger partial charge in [-0.25, -0.2) is 9.97 Å². The second kappa shape index (κ2) is 8.55. The average molecular weight is 489 g/mol. The molecule has 0 saturated carbocycles. The molecular weight excluding hydrogens is 468 g/mol. The topological polar surface area (TPSA) is 84.7 Å². The molecule has 1 amide bonds. The summed E-state index contributed by atoms with van der Waals surface area (Å²) < 4.78 is 2.83. The summed E-state index contributed by atoms with van der Waals surface area (Å²) in [5, 5.41) is 10.8. The van der Waals surface area contributed by atoms with E-state index in [1.807, 2.05) is 24.3 Å². The van der Waals surface area contributed by atoms with Crippen molar-refractivity contribution in [3.63, 3.8) is 0 Å². The monoisotopic (exact) mass is 488 g/mol. The first kappa shape index (κ1) is 20.4. The van der Waals surface area contributed by atoms with Crippen molar-refractivity contribution >= 4 is 27.5 Å². The third-order valence-corrected chi connectivity index (χ3v) is 6.30. The van der Waals surface area contributed by atoms with Gasteiger partial charge in [-0.05, 0) is 48.4 Å². The molecule has 4 aromatic rings. The number of carbonyl (C=O) groups excluding carboxylic acids is 1. The molecule has 160 valence electrons. The maximum Gasteiger partial charge on any atom is 0.269 e. The second-order valence-corrected chi connectivity index (χ2v) is 8.53. The molecule has 0 radical (unpaired) electrons. The number of carbonyl (C=O) groups is 1. The van der Waals surface area contributed by atoms with Gasteiger partial charge in [0.2, 0.25) is 0 Å². The van der Waals surface area contributed by atoms with Crippen LogP contribution in [-0.4, -0.2) is 32.2 Å². The normalized spacial score (nSPS) is 12.9. The number of fused-ring (bicyclic) bond motifs is 1. The lowest BCUT2D eigenvalue weighted by Gasteiger charge is -2.13. The molecule has 0 spiro atoms. The third kappa shape index (κ3) is 4.13. The van der Waals surface area contributed by atoms with Gasteiger partial charge in [-0.15, -0.1) is 0 Å². The van der Waals surface area contributed by atoms with Gasteiger partial charge in [0.1, 0.15) is 11.4 Å². The summed E-state index contributed by atoms with van der Waals surface area (Å²) in [6, 6.07) is 18.0. The quantitative estimate of drug-likeness (QED) is 0.433. The molecule has 0 unspecified atom stereocenters. The lowest BCUT2D eigenvalue weighted by atomic mass is 10.1. The first-order chi connectivity index (χ1) is 15.6. The SMILES string of the molecule is Cc1cc(NCc2ccc(-c3nccc(-c4cc5n(n4)CCNC5=O)n3)cc2)ccc1Br. The number of benzene rings is 2. The Kier molecular flexibility index (Phi) is 5.45. The highest BCUT2D eigenvalue weighted by atomic mass is 79.9. The van der Waals surface area contributed by atoms with Crippen LogP contribution >= 0.6 is 15.9 Å². The number of aryl methyl sites for hydroxylation is 1. The number of halogens is 1. The Balaban J connectivity index is 1.32. The summed E-state index contributed by atoms with van der Waals surface area (Å²) in [4.78, 5) is 21.1. The van der Waals surface area contributed by atoms with Crippen LogP contribution in [0.4, 0.5) is 5.69 Å². The molecule has 7 nitrogen and oxygen atoms in total. The van der Waals surface area contributed by atoms with Gasteiger partial charge >= 0.3 is 0 Å². The van der Waals surface area contributed by atoms with Crippen molar-refractivity contribution in [1.29, 1.82) is 0 Å². The van der Waals surface area contributed by atoms with Crippen LogP contribution in [0.2, 0.25) is 0 Å². The second-order valence-electron chi connectivity index (χ2n) is 7.67. The molecule has 0 atom stereocenters. The molecule has 1 aliphatic heterocycles. The number of hydrogen-bond donors (Lipinski definition) is 2. The van der Waals surface area contributed by atoms with Crippen molar-refractivity contribution in [3.8, 4) is 22.8 Å². The number of amides is 1. The number of nitrogens with zero attached hydrogens (tertiary/aromatic N) is 4. The van der Waals surface area contributed by atoms with Gasteiger partial charge in [-0.1, -0.05) is 40.2 Å². The molecule has 32 heavy (non-hydrogen) atoms. The van der Waals surface area contributed by atoms with Crippen LogP contribution in [0.3, 0.4) is 0 Å². The molecule has 3 heterocycles. The number of hydrogen-bond acceptors (Lipinski definition) is 5. The fraction of sp³-hybridized carbons (Fsp3) is 0.167. The standard InChI is InChI=1S/C24H21BrN6O/c1-15-12-18(6-7-19(15)25)28-14-16-2-4-17(5-3-16)23-26-9-8-20(29-23)21-13-22-24(32)27-10-11-31(22)30-21/h2-9,12-13,28H,10-11,14H2,1H3,(H,27,32). The van der Waals surface area contributed by atoms with E-state index in [9.17, 15) is 4.79 Å². The molecule has 0 aliphatic carbocycles. The van der Waals surface area contributed by atoms with Gasteiger partial charge in [-0.3, -0.25) is 9.48 Å². The summed E-state index contributed by atoms with van der Waals surface area (Å²) >= 11 is 3.53. The van der Waals surface area contributed by atoms with Gasteiger partial charge in [0.15, 0.2) is 5.82 Å². The minimum atomic E-state index is -0.105. The molecule has 1 aliphatic rings. The fourth-order valence-electron chi connectivity index (χ4n) is 3.63. The molecule has 8 heteroatoms.